The molecular formula is C21H23FN4O3. The number of carbonyl (C=O) groups excluding carboxylic acids is 2. The summed E-state index contributed by atoms with van der Waals surface area (Å²) in [6, 6.07) is 10.7. The van der Waals surface area contributed by atoms with Crippen molar-refractivity contribution in [2.45, 2.75) is 32.9 Å². The largest absolute Gasteiger partial charge is 0.443 e. The third-order valence-electron chi connectivity index (χ3n) is 3.58. The van der Waals surface area contributed by atoms with Crippen molar-refractivity contribution in [1.29, 1.82) is 5.41 Å². The average molecular weight is 398 g/mol. The number of anilines is 1. The predicted molar refractivity (Wildman–Crippen MR) is 108 cm³/mol. The summed E-state index contributed by atoms with van der Waals surface area (Å²) in [4.78, 5) is 29.3. The van der Waals surface area contributed by atoms with Crippen molar-refractivity contribution in [3.63, 3.8) is 0 Å². The van der Waals surface area contributed by atoms with Gasteiger partial charge in [0.15, 0.2) is 6.29 Å². The van der Waals surface area contributed by atoms with Crippen molar-refractivity contribution in [1.82, 2.24) is 9.88 Å². The van der Waals surface area contributed by atoms with Gasteiger partial charge in [-0.25, -0.2) is 14.2 Å². The Bertz CT molecular complexity index is 890. The summed E-state index contributed by atoms with van der Waals surface area (Å²) in [5.41, 5.74) is -0.302. The Morgan fingerprint density at radius 1 is 1.24 bits per heavy atom. The summed E-state index contributed by atoms with van der Waals surface area (Å²) >= 11 is 0. The number of nitrogens with zero attached hydrogens (tertiary/aromatic N) is 2. The minimum absolute atomic E-state index is 0.0667. The molecule has 1 aromatic carbocycles. The summed E-state index contributed by atoms with van der Waals surface area (Å²) in [6.07, 6.45) is 2.53. The molecule has 0 spiro atoms. The first-order valence-corrected chi connectivity index (χ1v) is 8.86. The van der Waals surface area contributed by atoms with Crippen LogP contribution in [0.4, 0.5) is 15.0 Å². The standard InChI is InChI=1S/C21H23FN4O3/c1-21(2,3)29-20(28)26(13-15-7-9-17(22)10-8-15)19(23)16(14-27)12-25-18-6-4-5-11-24-18/h4-12,14,23H,13H2,1-3H3,(H,24,25)/b16-12-,23-19?. The Morgan fingerprint density at radius 3 is 2.48 bits per heavy atom. The van der Waals surface area contributed by atoms with Gasteiger partial charge in [-0.3, -0.25) is 15.1 Å². The van der Waals surface area contributed by atoms with E-state index in [1.165, 1.54) is 30.5 Å². The van der Waals surface area contributed by atoms with Gasteiger partial charge in [-0.05, 0) is 50.6 Å². The first kappa shape index (κ1) is 21.7. The number of halogens is 1. The van der Waals surface area contributed by atoms with E-state index in [0.29, 0.717) is 17.7 Å². The molecule has 0 unspecified atom stereocenters. The molecule has 0 bridgehead atoms. The fourth-order valence-electron chi connectivity index (χ4n) is 2.24. The van der Waals surface area contributed by atoms with Crippen LogP contribution in [0.15, 0.2) is 60.4 Å². The number of hydrogen-bond acceptors (Lipinski definition) is 6. The lowest BCUT2D eigenvalue weighted by Gasteiger charge is -2.27. The van der Waals surface area contributed by atoms with Gasteiger partial charge in [-0.1, -0.05) is 18.2 Å². The van der Waals surface area contributed by atoms with Crippen LogP contribution in [0.5, 0.6) is 0 Å². The Labute approximate surface area is 168 Å². The van der Waals surface area contributed by atoms with Gasteiger partial charge < -0.3 is 10.1 Å². The molecule has 7 nitrogen and oxygen atoms in total. The van der Waals surface area contributed by atoms with Gasteiger partial charge in [0.1, 0.15) is 23.1 Å². The first-order chi connectivity index (χ1) is 13.7. The van der Waals surface area contributed by atoms with Crippen LogP contribution in [0.3, 0.4) is 0 Å². The van der Waals surface area contributed by atoms with Gasteiger partial charge in [0.05, 0.1) is 12.1 Å². The molecular weight excluding hydrogens is 375 g/mol. The van der Waals surface area contributed by atoms with Gasteiger partial charge in [-0.2, -0.15) is 0 Å². The number of carbonyl (C=O) groups is 2. The summed E-state index contributed by atoms with van der Waals surface area (Å²) in [5.74, 6) is -0.301. The number of amides is 1. The molecule has 0 fully saturated rings. The molecule has 1 amide bonds. The summed E-state index contributed by atoms with van der Waals surface area (Å²) in [6.45, 7) is 5.03. The van der Waals surface area contributed by atoms with Crippen molar-refractivity contribution in [2.24, 2.45) is 0 Å². The van der Waals surface area contributed by atoms with Crippen molar-refractivity contribution in [3.05, 3.63) is 71.8 Å². The molecule has 0 saturated carbocycles. The summed E-state index contributed by atoms with van der Waals surface area (Å²) in [5, 5.41) is 11.2. The van der Waals surface area contributed by atoms with Gasteiger partial charge in [0, 0.05) is 12.4 Å². The molecule has 1 heterocycles. The normalized spacial score (nSPS) is 11.5. The Kier molecular flexibility index (Phi) is 7.19. The van der Waals surface area contributed by atoms with Crippen molar-refractivity contribution >= 4 is 24.0 Å². The molecule has 0 aliphatic rings. The van der Waals surface area contributed by atoms with Crippen LogP contribution in [0.25, 0.3) is 0 Å². The van der Waals surface area contributed by atoms with E-state index in [4.69, 9.17) is 10.1 Å². The molecule has 8 heteroatoms. The van der Waals surface area contributed by atoms with Crippen molar-refractivity contribution < 1.29 is 18.7 Å². The number of rotatable bonds is 6. The maximum absolute atomic E-state index is 13.2. The third kappa shape index (κ3) is 6.84. The first-order valence-electron chi connectivity index (χ1n) is 8.86. The molecule has 2 rings (SSSR count). The van der Waals surface area contributed by atoms with Crippen LogP contribution in [0, 0.1) is 11.2 Å². The van der Waals surface area contributed by atoms with E-state index in [-0.39, 0.29) is 18.0 Å². The zero-order chi connectivity index (χ0) is 21.4. The van der Waals surface area contributed by atoms with Crippen LogP contribution < -0.4 is 5.32 Å². The highest BCUT2D eigenvalue weighted by atomic mass is 19.1. The number of nitrogens with one attached hydrogen (secondary N) is 2. The quantitative estimate of drug-likeness (QED) is 0.330. The minimum Gasteiger partial charge on any atom is -0.443 e. The van der Waals surface area contributed by atoms with E-state index in [9.17, 15) is 14.0 Å². The summed E-state index contributed by atoms with van der Waals surface area (Å²) < 4.78 is 18.6. The lowest BCUT2D eigenvalue weighted by molar-refractivity contribution is -0.104. The topological polar surface area (TPSA) is 95.4 Å². The van der Waals surface area contributed by atoms with E-state index in [0.717, 1.165) is 4.90 Å². The summed E-state index contributed by atoms with van der Waals surface area (Å²) in [7, 11) is 0. The van der Waals surface area contributed by atoms with Crippen LogP contribution in [-0.2, 0) is 16.1 Å². The molecule has 0 aliphatic carbocycles. The highest BCUT2D eigenvalue weighted by Gasteiger charge is 2.27. The zero-order valence-electron chi connectivity index (χ0n) is 16.5. The Balaban J connectivity index is 2.28. The molecule has 0 atom stereocenters. The highest BCUT2D eigenvalue weighted by Crippen LogP contribution is 2.16. The molecule has 152 valence electrons. The van der Waals surface area contributed by atoms with E-state index in [1.807, 2.05) is 0 Å². The van der Waals surface area contributed by atoms with E-state index in [2.05, 4.69) is 10.3 Å². The second-order valence-electron chi connectivity index (χ2n) is 7.12. The minimum atomic E-state index is -0.796. The molecule has 1 aromatic heterocycles. The van der Waals surface area contributed by atoms with Crippen molar-refractivity contribution in [2.75, 3.05) is 5.32 Å². The maximum atomic E-state index is 13.2. The monoisotopic (exact) mass is 398 g/mol. The van der Waals surface area contributed by atoms with Crippen LogP contribution in [0.2, 0.25) is 0 Å². The lowest BCUT2D eigenvalue weighted by Crippen LogP contribution is -2.41. The van der Waals surface area contributed by atoms with Crippen molar-refractivity contribution in [3.8, 4) is 0 Å². The number of aromatic nitrogens is 1. The van der Waals surface area contributed by atoms with Crippen LogP contribution in [0.1, 0.15) is 26.3 Å². The molecule has 29 heavy (non-hydrogen) atoms. The molecule has 2 aromatic rings. The maximum Gasteiger partial charge on any atom is 0.416 e. The number of pyridine rings is 1. The number of hydrogen-bond donors (Lipinski definition) is 2. The predicted octanol–water partition coefficient (Wildman–Crippen LogP) is 4.13. The third-order valence-corrected chi connectivity index (χ3v) is 3.58. The molecule has 0 aliphatic heterocycles. The van der Waals surface area contributed by atoms with E-state index in [1.54, 1.807) is 45.2 Å². The average Bonchev–Trinajstić information content (AvgIpc) is 2.67. The lowest BCUT2D eigenvalue weighted by atomic mass is 10.2. The van der Waals surface area contributed by atoms with E-state index >= 15 is 0 Å². The molecule has 0 saturated heterocycles. The van der Waals surface area contributed by atoms with E-state index < -0.39 is 17.5 Å². The number of aldehydes is 1. The highest BCUT2D eigenvalue weighted by molar-refractivity contribution is 6.16. The number of ether oxygens (including phenoxy) is 1. The Morgan fingerprint density at radius 2 is 1.93 bits per heavy atom. The SMILES string of the molecule is CC(C)(C)OC(=O)N(Cc1ccc(F)cc1)C(=N)/C(C=O)=C\Nc1ccccn1. The second-order valence-corrected chi connectivity index (χ2v) is 7.12. The Hall–Kier alpha value is -3.55. The number of amidine groups is 1. The molecule has 2 N–H and O–H groups in total. The van der Waals surface area contributed by atoms with Gasteiger partial charge in [0.2, 0.25) is 0 Å². The fraction of sp³-hybridized carbons (Fsp3) is 0.238. The van der Waals surface area contributed by atoms with Crippen LogP contribution in [-0.4, -0.2) is 33.7 Å². The zero-order valence-corrected chi connectivity index (χ0v) is 16.5. The second kappa shape index (κ2) is 9.59. The molecule has 0 radical (unpaired) electrons. The smallest absolute Gasteiger partial charge is 0.416 e. The van der Waals surface area contributed by atoms with Gasteiger partial charge >= 0.3 is 6.09 Å². The number of benzene rings is 1. The van der Waals surface area contributed by atoms with Gasteiger partial charge in [-0.15, -0.1) is 0 Å². The van der Waals surface area contributed by atoms with Gasteiger partial charge in [0.25, 0.3) is 0 Å². The fourth-order valence-corrected chi connectivity index (χ4v) is 2.24. The van der Waals surface area contributed by atoms with Crippen LogP contribution >= 0.6 is 0 Å².